The van der Waals surface area contributed by atoms with Crippen LogP contribution in [-0.2, 0) is 4.79 Å². The number of amides is 1. The van der Waals surface area contributed by atoms with Crippen molar-refractivity contribution in [2.24, 2.45) is 5.92 Å². The van der Waals surface area contributed by atoms with Crippen LogP contribution in [0.25, 0.3) is 10.7 Å². The van der Waals surface area contributed by atoms with E-state index in [4.69, 9.17) is 12.2 Å². The molecule has 3 atom stereocenters. The van der Waals surface area contributed by atoms with Gasteiger partial charge in [0.2, 0.25) is 5.91 Å². The molecular weight excluding hydrogens is 328 g/mol. The highest BCUT2D eigenvalue weighted by molar-refractivity contribution is 7.71. The summed E-state index contributed by atoms with van der Waals surface area (Å²) in [4.78, 5) is 13.7. The third kappa shape index (κ3) is 3.55. The highest BCUT2D eigenvalue weighted by Crippen LogP contribution is 2.27. The third-order valence-corrected chi connectivity index (χ3v) is 5.65. The number of H-pyrrole nitrogens is 1. The van der Waals surface area contributed by atoms with Crippen LogP contribution >= 0.6 is 23.6 Å². The van der Waals surface area contributed by atoms with Gasteiger partial charge in [-0.1, -0.05) is 25.8 Å². The monoisotopic (exact) mass is 350 g/mol. The fourth-order valence-electron chi connectivity index (χ4n) is 3.25. The van der Waals surface area contributed by atoms with Gasteiger partial charge in [-0.15, -0.1) is 11.3 Å². The molecule has 3 rings (SSSR count). The summed E-state index contributed by atoms with van der Waals surface area (Å²) in [7, 11) is 0. The maximum Gasteiger partial charge on any atom is 0.243 e. The first kappa shape index (κ1) is 16.4. The minimum Gasteiger partial charge on any atom is -0.352 e. The van der Waals surface area contributed by atoms with Crippen LogP contribution in [0.4, 0.5) is 0 Å². The van der Waals surface area contributed by atoms with Crippen LogP contribution in [-0.4, -0.2) is 26.7 Å². The Morgan fingerprint density at radius 1 is 1.57 bits per heavy atom. The van der Waals surface area contributed by atoms with Gasteiger partial charge in [-0.25, -0.2) is 0 Å². The lowest BCUT2D eigenvalue weighted by atomic mass is 9.87. The first-order valence-electron chi connectivity index (χ1n) is 8.07. The van der Waals surface area contributed by atoms with E-state index in [2.05, 4.69) is 22.4 Å². The minimum absolute atomic E-state index is 0.0133. The third-order valence-electron chi connectivity index (χ3n) is 4.50. The summed E-state index contributed by atoms with van der Waals surface area (Å²) in [5, 5.41) is 12.3. The second-order valence-corrected chi connectivity index (χ2v) is 7.69. The van der Waals surface area contributed by atoms with Gasteiger partial charge in [-0.3, -0.25) is 14.5 Å². The lowest BCUT2D eigenvalue weighted by molar-refractivity contribution is -0.124. The molecule has 0 spiro atoms. The van der Waals surface area contributed by atoms with Crippen LogP contribution in [0.1, 0.15) is 45.6 Å². The maximum atomic E-state index is 12.7. The zero-order valence-electron chi connectivity index (χ0n) is 13.4. The number of carbonyl (C=O) groups excluding carboxylic acids is 1. The molecule has 0 aromatic carbocycles. The fourth-order valence-corrected chi connectivity index (χ4v) is 4.25. The molecule has 2 heterocycles. The van der Waals surface area contributed by atoms with Crippen molar-refractivity contribution in [1.29, 1.82) is 0 Å². The Balaban J connectivity index is 1.77. The van der Waals surface area contributed by atoms with Crippen LogP contribution in [0.2, 0.25) is 0 Å². The van der Waals surface area contributed by atoms with Crippen molar-refractivity contribution in [2.75, 3.05) is 0 Å². The lowest BCUT2D eigenvalue weighted by Gasteiger charge is -2.28. The summed E-state index contributed by atoms with van der Waals surface area (Å²) in [6.07, 6.45) is 4.58. The van der Waals surface area contributed by atoms with Crippen molar-refractivity contribution in [3.8, 4) is 10.7 Å². The summed E-state index contributed by atoms with van der Waals surface area (Å²) < 4.78 is 2.29. The van der Waals surface area contributed by atoms with Crippen molar-refractivity contribution in [3.05, 3.63) is 22.3 Å². The molecule has 7 heteroatoms. The summed E-state index contributed by atoms with van der Waals surface area (Å²) in [5.41, 5.74) is 0. The normalized spacial score (nSPS) is 22.7. The van der Waals surface area contributed by atoms with Crippen molar-refractivity contribution < 1.29 is 4.79 Å². The first-order chi connectivity index (χ1) is 11.1. The molecule has 124 valence electrons. The molecule has 0 aliphatic heterocycles. The van der Waals surface area contributed by atoms with Gasteiger partial charge in [0.05, 0.1) is 4.88 Å². The van der Waals surface area contributed by atoms with Gasteiger partial charge >= 0.3 is 0 Å². The van der Waals surface area contributed by atoms with E-state index in [9.17, 15) is 4.79 Å². The van der Waals surface area contributed by atoms with E-state index in [0.29, 0.717) is 10.7 Å². The highest BCUT2D eigenvalue weighted by Gasteiger charge is 2.25. The van der Waals surface area contributed by atoms with E-state index < -0.39 is 0 Å². The predicted molar refractivity (Wildman–Crippen MR) is 95.0 cm³/mol. The van der Waals surface area contributed by atoms with E-state index in [1.165, 1.54) is 12.8 Å². The Morgan fingerprint density at radius 3 is 3.09 bits per heavy atom. The van der Waals surface area contributed by atoms with Crippen LogP contribution in [0.5, 0.6) is 0 Å². The van der Waals surface area contributed by atoms with Gasteiger partial charge in [0.25, 0.3) is 0 Å². The largest absolute Gasteiger partial charge is 0.352 e. The fraction of sp³-hybridized carbons (Fsp3) is 0.562. The van der Waals surface area contributed by atoms with Crippen LogP contribution in [0, 0.1) is 10.7 Å². The predicted octanol–water partition coefficient (Wildman–Crippen LogP) is 3.93. The number of rotatable bonds is 4. The number of carbonyl (C=O) groups is 1. The Hall–Kier alpha value is -1.47. The van der Waals surface area contributed by atoms with Crippen molar-refractivity contribution in [3.63, 3.8) is 0 Å². The van der Waals surface area contributed by atoms with Crippen LogP contribution < -0.4 is 5.32 Å². The van der Waals surface area contributed by atoms with Gasteiger partial charge in [0.1, 0.15) is 6.04 Å². The van der Waals surface area contributed by atoms with Crippen molar-refractivity contribution in [1.82, 2.24) is 20.1 Å². The Labute approximate surface area is 145 Å². The number of nitrogens with zero attached hydrogens (tertiary/aromatic N) is 2. The second-order valence-electron chi connectivity index (χ2n) is 6.35. The van der Waals surface area contributed by atoms with E-state index in [1.807, 2.05) is 29.0 Å². The summed E-state index contributed by atoms with van der Waals surface area (Å²) in [5.74, 6) is 1.42. The van der Waals surface area contributed by atoms with Gasteiger partial charge < -0.3 is 5.32 Å². The van der Waals surface area contributed by atoms with Gasteiger partial charge in [0.15, 0.2) is 10.6 Å². The molecule has 1 aliphatic carbocycles. The average Bonchev–Trinajstić information content (AvgIpc) is 3.15. The number of thiophene rings is 1. The first-order valence-corrected chi connectivity index (χ1v) is 9.36. The average molecular weight is 351 g/mol. The van der Waals surface area contributed by atoms with Crippen LogP contribution in [0.3, 0.4) is 0 Å². The van der Waals surface area contributed by atoms with Crippen molar-refractivity contribution >= 4 is 29.5 Å². The van der Waals surface area contributed by atoms with Crippen LogP contribution in [0.15, 0.2) is 17.5 Å². The molecule has 5 nitrogen and oxygen atoms in total. The Bertz CT molecular complexity index is 719. The molecule has 1 aliphatic rings. The molecule has 0 saturated heterocycles. The number of hydrogen-bond donors (Lipinski definition) is 2. The smallest absolute Gasteiger partial charge is 0.243 e. The molecule has 0 bridgehead atoms. The molecule has 2 aromatic heterocycles. The lowest BCUT2D eigenvalue weighted by Crippen LogP contribution is -2.41. The topological polar surface area (TPSA) is 62.7 Å². The molecule has 1 amide bonds. The standard InChI is InChI=1S/C16H22N4OS2/c1-10-5-3-6-12(9-10)17-15(21)11(2)20-14(18-19-16(20)22)13-7-4-8-23-13/h4,7-8,10-12H,3,5-6,9H2,1-2H3,(H,17,21)(H,19,22)/t10-,11-,12+/m1/s1. The Kier molecular flexibility index (Phi) is 4.96. The molecule has 23 heavy (non-hydrogen) atoms. The second kappa shape index (κ2) is 6.97. The van der Waals surface area contributed by atoms with Gasteiger partial charge in [-0.2, -0.15) is 5.10 Å². The molecule has 0 radical (unpaired) electrons. The molecule has 1 fully saturated rings. The molecule has 2 N–H and O–H groups in total. The SMILES string of the molecule is C[C@@H]1CCC[C@H](NC(=O)[C@@H](C)n2c(-c3cccs3)n[nH]c2=S)C1. The number of aromatic nitrogens is 3. The zero-order valence-corrected chi connectivity index (χ0v) is 15.0. The summed E-state index contributed by atoms with van der Waals surface area (Å²) >= 11 is 6.92. The number of nitrogens with one attached hydrogen (secondary N) is 2. The molecule has 2 aromatic rings. The van der Waals surface area contributed by atoms with E-state index in [1.54, 1.807) is 11.3 Å². The van der Waals surface area contributed by atoms with E-state index >= 15 is 0 Å². The van der Waals surface area contributed by atoms with Crippen molar-refractivity contribution in [2.45, 2.75) is 51.6 Å². The molecule has 0 unspecified atom stereocenters. The quantitative estimate of drug-likeness (QED) is 0.822. The van der Waals surface area contributed by atoms with E-state index in [0.717, 1.165) is 23.5 Å². The Morgan fingerprint density at radius 2 is 2.39 bits per heavy atom. The number of hydrogen-bond acceptors (Lipinski definition) is 4. The van der Waals surface area contributed by atoms with Gasteiger partial charge in [-0.05, 0) is 49.3 Å². The highest BCUT2D eigenvalue weighted by atomic mass is 32.1. The zero-order chi connectivity index (χ0) is 16.4. The summed E-state index contributed by atoms with van der Waals surface area (Å²) in [6.45, 7) is 4.13. The number of aromatic amines is 1. The maximum absolute atomic E-state index is 12.7. The molecule has 1 saturated carbocycles. The minimum atomic E-state index is -0.379. The molecular formula is C16H22N4OS2. The summed E-state index contributed by atoms with van der Waals surface area (Å²) in [6, 6.07) is 3.85. The van der Waals surface area contributed by atoms with Gasteiger partial charge in [0, 0.05) is 6.04 Å². The van der Waals surface area contributed by atoms with E-state index in [-0.39, 0.29) is 18.0 Å².